The van der Waals surface area contributed by atoms with E-state index in [1.165, 1.54) is 7.11 Å². The molecular formula is C12H26IN3O2. The first-order valence-electron chi connectivity index (χ1n) is 6.00. The van der Waals surface area contributed by atoms with E-state index in [-0.39, 0.29) is 35.5 Å². The molecule has 3 N–H and O–H groups in total. The van der Waals surface area contributed by atoms with Crippen molar-refractivity contribution in [1.82, 2.24) is 5.32 Å². The second-order valence-electron chi connectivity index (χ2n) is 5.03. The minimum Gasteiger partial charge on any atom is -0.469 e. The lowest BCUT2D eigenvalue weighted by molar-refractivity contribution is -0.140. The SMILES string of the molecule is COC(=O)CCCCCN=C(N)NC(C)(C)C.I. The number of nitrogens with two attached hydrogens (primary N) is 1. The largest absolute Gasteiger partial charge is 0.469 e. The van der Waals surface area contributed by atoms with Crippen molar-refractivity contribution in [2.75, 3.05) is 13.7 Å². The van der Waals surface area contributed by atoms with Gasteiger partial charge in [0.2, 0.25) is 0 Å². The summed E-state index contributed by atoms with van der Waals surface area (Å²) in [5, 5.41) is 3.09. The number of hydrogen-bond donors (Lipinski definition) is 2. The lowest BCUT2D eigenvalue weighted by Gasteiger charge is -2.20. The van der Waals surface area contributed by atoms with Crippen molar-refractivity contribution in [2.24, 2.45) is 10.7 Å². The molecule has 0 bridgehead atoms. The maximum atomic E-state index is 10.8. The highest BCUT2D eigenvalue weighted by atomic mass is 127. The molecule has 0 unspecified atom stereocenters. The number of nitrogens with zero attached hydrogens (tertiary/aromatic N) is 1. The Hall–Kier alpha value is -0.530. The first-order chi connectivity index (χ1) is 7.85. The molecule has 0 fully saturated rings. The van der Waals surface area contributed by atoms with Crippen LogP contribution < -0.4 is 11.1 Å². The minimum atomic E-state index is -0.151. The number of ether oxygens (including phenoxy) is 1. The predicted octanol–water partition coefficient (Wildman–Crippen LogP) is 2.04. The topological polar surface area (TPSA) is 76.7 Å². The summed E-state index contributed by atoms with van der Waals surface area (Å²) in [5.41, 5.74) is 5.65. The van der Waals surface area contributed by atoms with Crippen molar-refractivity contribution >= 4 is 35.9 Å². The fourth-order valence-electron chi connectivity index (χ4n) is 1.28. The third-order valence-electron chi connectivity index (χ3n) is 2.05. The molecule has 18 heavy (non-hydrogen) atoms. The molecule has 0 saturated heterocycles. The Bertz CT molecular complexity index is 263. The Morgan fingerprint density at radius 1 is 1.28 bits per heavy atom. The van der Waals surface area contributed by atoms with Gasteiger partial charge in [-0.15, -0.1) is 24.0 Å². The third-order valence-corrected chi connectivity index (χ3v) is 2.05. The van der Waals surface area contributed by atoms with Crippen molar-refractivity contribution in [3.8, 4) is 0 Å². The normalized spacial score (nSPS) is 11.7. The Kier molecular flexibility index (Phi) is 11.4. The molecule has 0 atom stereocenters. The Morgan fingerprint density at radius 2 is 1.89 bits per heavy atom. The van der Waals surface area contributed by atoms with E-state index in [1.54, 1.807) is 0 Å². The molecule has 0 aromatic heterocycles. The molecule has 6 heteroatoms. The molecule has 0 aliphatic heterocycles. The average Bonchev–Trinajstić information content (AvgIpc) is 2.20. The number of unbranched alkanes of at least 4 members (excludes halogenated alkanes) is 2. The van der Waals surface area contributed by atoms with Gasteiger partial charge in [0, 0.05) is 18.5 Å². The molecule has 0 aliphatic carbocycles. The van der Waals surface area contributed by atoms with Gasteiger partial charge in [-0.1, -0.05) is 6.42 Å². The van der Waals surface area contributed by atoms with Crippen LogP contribution in [-0.2, 0) is 9.53 Å². The number of carbonyl (C=O) groups is 1. The van der Waals surface area contributed by atoms with Gasteiger partial charge in [-0.2, -0.15) is 0 Å². The molecule has 0 spiro atoms. The number of hydrogen-bond acceptors (Lipinski definition) is 3. The van der Waals surface area contributed by atoms with Crippen LogP contribution in [0.1, 0.15) is 46.5 Å². The van der Waals surface area contributed by atoms with Crippen molar-refractivity contribution in [1.29, 1.82) is 0 Å². The molecule has 5 nitrogen and oxygen atoms in total. The van der Waals surface area contributed by atoms with Crippen LogP contribution >= 0.6 is 24.0 Å². The van der Waals surface area contributed by atoms with Gasteiger partial charge < -0.3 is 15.8 Å². The van der Waals surface area contributed by atoms with E-state index >= 15 is 0 Å². The average molecular weight is 371 g/mol. The zero-order chi connectivity index (χ0) is 13.3. The van der Waals surface area contributed by atoms with E-state index in [2.05, 4.69) is 15.0 Å². The maximum absolute atomic E-state index is 10.8. The highest BCUT2D eigenvalue weighted by Gasteiger charge is 2.09. The summed E-state index contributed by atoms with van der Waals surface area (Å²) < 4.78 is 4.55. The highest BCUT2D eigenvalue weighted by Crippen LogP contribution is 2.01. The molecule has 0 aromatic rings. The summed E-state index contributed by atoms with van der Waals surface area (Å²) >= 11 is 0. The van der Waals surface area contributed by atoms with Gasteiger partial charge in [-0.25, -0.2) is 0 Å². The summed E-state index contributed by atoms with van der Waals surface area (Å²) in [4.78, 5) is 15.0. The highest BCUT2D eigenvalue weighted by molar-refractivity contribution is 14.0. The summed E-state index contributed by atoms with van der Waals surface area (Å²) in [7, 11) is 1.41. The van der Waals surface area contributed by atoms with Crippen LogP contribution in [0.25, 0.3) is 0 Å². The number of halogens is 1. The van der Waals surface area contributed by atoms with E-state index in [0.717, 1.165) is 19.3 Å². The molecule has 0 rings (SSSR count). The fraction of sp³-hybridized carbons (Fsp3) is 0.833. The van der Waals surface area contributed by atoms with E-state index in [0.29, 0.717) is 18.9 Å². The van der Waals surface area contributed by atoms with Crippen LogP contribution in [0.5, 0.6) is 0 Å². The van der Waals surface area contributed by atoms with Crippen LogP contribution in [-0.4, -0.2) is 31.1 Å². The van der Waals surface area contributed by atoms with Crippen LogP contribution in [0, 0.1) is 0 Å². The third kappa shape index (κ3) is 13.5. The molecule has 0 amide bonds. The van der Waals surface area contributed by atoms with E-state index < -0.39 is 0 Å². The Balaban J connectivity index is 0. The van der Waals surface area contributed by atoms with E-state index in [9.17, 15) is 4.79 Å². The molecule has 108 valence electrons. The van der Waals surface area contributed by atoms with Crippen LogP contribution in [0.4, 0.5) is 0 Å². The van der Waals surface area contributed by atoms with E-state index in [4.69, 9.17) is 5.73 Å². The number of aliphatic imine (C=N–C) groups is 1. The van der Waals surface area contributed by atoms with Gasteiger partial charge in [-0.3, -0.25) is 9.79 Å². The second-order valence-corrected chi connectivity index (χ2v) is 5.03. The van der Waals surface area contributed by atoms with Crippen LogP contribution in [0.3, 0.4) is 0 Å². The smallest absolute Gasteiger partial charge is 0.305 e. The molecule has 0 heterocycles. The van der Waals surface area contributed by atoms with Crippen molar-refractivity contribution in [2.45, 2.75) is 52.0 Å². The van der Waals surface area contributed by atoms with Crippen LogP contribution in [0.15, 0.2) is 4.99 Å². The Morgan fingerprint density at radius 3 is 2.39 bits per heavy atom. The summed E-state index contributed by atoms with van der Waals surface area (Å²) in [6.45, 7) is 6.79. The maximum Gasteiger partial charge on any atom is 0.305 e. The molecule has 0 aliphatic rings. The van der Waals surface area contributed by atoms with Gasteiger partial charge in [0.05, 0.1) is 7.11 Å². The number of guanidine groups is 1. The van der Waals surface area contributed by atoms with Gasteiger partial charge in [0.1, 0.15) is 0 Å². The van der Waals surface area contributed by atoms with E-state index in [1.807, 2.05) is 20.8 Å². The quantitative estimate of drug-likeness (QED) is 0.246. The number of methoxy groups -OCH3 is 1. The number of rotatable bonds is 6. The molecule has 0 radical (unpaired) electrons. The molecular weight excluding hydrogens is 345 g/mol. The summed E-state index contributed by atoms with van der Waals surface area (Å²) in [6, 6.07) is 0. The number of esters is 1. The zero-order valence-electron chi connectivity index (χ0n) is 11.8. The van der Waals surface area contributed by atoms with Crippen molar-refractivity contribution in [3.05, 3.63) is 0 Å². The van der Waals surface area contributed by atoms with Crippen molar-refractivity contribution in [3.63, 3.8) is 0 Å². The van der Waals surface area contributed by atoms with Crippen molar-refractivity contribution < 1.29 is 9.53 Å². The minimum absolute atomic E-state index is 0. The standard InChI is InChI=1S/C12H25N3O2.HI/c1-12(2,3)15-11(13)14-9-7-5-6-8-10(16)17-4;/h5-9H2,1-4H3,(H3,13,14,15);1H. The second kappa shape index (κ2) is 10.4. The predicted molar refractivity (Wildman–Crippen MR) is 85.3 cm³/mol. The lowest BCUT2D eigenvalue weighted by Crippen LogP contribution is -2.45. The first-order valence-corrected chi connectivity index (χ1v) is 6.00. The summed E-state index contributed by atoms with van der Waals surface area (Å²) in [6.07, 6.45) is 3.22. The first kappa shape index (κ1) is 19.8. The monoisotopic (exact) mass is 371 g/mol. The van der Waals surface area contributed by atoms with Gasteiger partial charge >= 0.3 is 5.97 Å². The number of nitrogens with one attached hydrogen (secondary N) is 1. The summed E-state index contributed by atoms with van der Waals surface area (Å²) in [5.74, 6) is 0.327. The Labute approximate surface area is 127 Å². The van der Waals surface area contributed by atoms with Crippen LogP contribution in [0.2, 0.25) is 0 Å². The fourth-order valence-corrected chi connectivity index (χ4v) is 1.28. The molecule has 0 aromatic carbocycles. The molecule has 0 saturated carbocycles. The van der Waals surface area contributed by atoms with Gasteiger partial charge in [0.25, 0.3) is 0 Å². The zero-order valence-corrected chi connectivity index (χ0v) is 14.1. The number of carbonyl (C=O) groups excluding carboxylic acids is 1. The van der Waals surface area contributed by atoms with Gasteiger partial charge in [0.15, 0.2) is 5.96 Å². The van der Waals surface area contributed by atoms with Gasteiger partial charge in [-0.05, 0) is 33.6 Å². The lowest BCUT2D eigenvalue weighted by atomic mass is 10.1.